The molecule has 0 aliphatic carbocycles. The first-order valence-electron chi connectivity index (χ1n) is 6.37. The van der Waals surface area contributed by atoms with Crippen LogP contribution in [-0.2, 0) is 4.79 Å². The van der Waals surface area contributed by atoms with Crippen molar-refractivity contribution in [1.29, 1.82) is 0 Å². The first kappa shape index (κ1) is 13.5. The Bertz CT molecular complexity index is 203. The van der Waals surface area contributed by atoms with Gasteiger partial charge >= 0.3 is 0 Å². The number of aliphatic hydroxyl groups excluding tert-OH is 1. The molecule has 16 heavy (non-hydrogen) atoms. The summed E-state index contributed by atoms with van der Waals surface area (Å²) < 4.78 is 0. The molecule has 1 aliphatic rings. The molecule has 1 aliphatic heterocycles. The molecule has 1 heterocycles. The highest BCUT2D eigenvalue weighted by atomic mass is 16.3. The van der Waals surface area contributed by atoms with Crippen molar-refractivity contribution in [3.05, 3.63) is 0 Å². The van der Waals surface area contributed by atoms with Crippen LogP contribution in [0.5, 0.6) is 0 Å². The fourth-order valence-electron chi connectivity index (χ4n) is 1.97. The summed E-state index contributed by atoms with van der Waals surface area (Å²) in [4.78, 5) is 11.5. The zero-order valence-corrected chi connectivity index (χ0v) is 10.2. The Morgan fingerprint density at radius 3 is 3.06 bits per heavy atom. The predicted octanol–water partition coefficient (Wildman–Crippen LogP) is 0.653. The SMILES string of the molecule is CCC(O)CNC(=O)CCC1CCCNC1. The van der Waals surface area contributed by atoms with E-state index in [1.165, 1.54) is 12.8 Å². The van der Waals surface area contributed by atoms with Gasteiger partial charge in [0, 0.05) is 13.0 Å². The third kappa shape index (κ3) is 5.47. The molecular weight excluding hydrogens is 204 g/mol. The minimum absolute atomic E-state index is 0.0677. The molecule has 2 atom stereocenters. The standard InChI is InChI=1S/C12H24N2O2/c1-2-11(15)9-14-12(16)6-5-10-4-3-7-13-8-10/h10-11,13,15H,2-9H2,1H3,(H,14,16). The van der Waals surface area contributed by atoms with Crippen LogP contribution in [0.3, 0.4) is 0 Å². The molecule has 0 spiro atoms. The van der Waals surface area contributed by atoms with E-state index < -0.39 is 6.10 Å². The lowest BCUT2D eigenvalue weighted by atomic mass is 9.94. The van der Waals surface area contributed by atoms with Crippen LogP contribution in [0, 0.1) is 5.92 Å². The third-order valence-electron chi connectivity index (χ3n) is 3.18. The number of carbonyl (C=O) groups excluding carboxylic acids is 1. The van der Waals surface area contributed by atoms with Crippen LogP contribution in [0.15, 0.2) is 0 Å². The minimum Gasteiger partial charge on any atom is -0.391 e. The van der Waals surface area contributed by atoms with Crippen LogP contribution in [0.25, 0.3) is 0 Å². The lowest BCUT2D eigenvalue weighted by Crippen LogP contribution is -2.33. The van der Waals surface area contributed by atoms with Gasteiger partial charge in [-0.3, -0.25) is 4.79 Å². The second-order valence-corrected chi connectivity index (χ2v) is 4.62. The summed E-state index contributed by atoms with van der Waals surface area (Å²) in [7, 11) is 0. The smallest absolute Gasteiger partial charge is 0.220 e. The van der Waals surface area contributed by atoms with Crippen LogP contribution in [0.1, 0.15) is 39.0 Å². The van der Waals surface area contributed by atoms with E-state index in [2.05, 4.69) is 10.6 Å². The molecule has 1 rings (SSSR count). The topological polar surface area (TPSA) is 61.4 Å². The van der Waals surface area contributed by atoms with E-state index in [9.17, 15) is 9.90 Å². The van der Waals surface area contributed by atoms with Gasteiger partial charge in [-0.05, 0) is 44.7 Å². The summed E-state index contributed by atoms with van der Waals surface area (Å²) in [5, 5.41) is 15.4. The van der Waals surface area contributed by atoms with E-state index in [1.807, 2.05) is 6.92 Å². The molecule has 1 fully saturated rings. The minimum atomic E-state index is -0.403. The maximum atomic E-state index is 11.5. The Morgan fingerprint density at radius 2 is 2.44 bits per heavy atom. The maximum Gasteiger partial charge on any atom is 0.220 e. The molecule has 0 saturated carbocycles. The van der Waals surface area contributed by atoms with Crippen LogP contribution < -0.4 is 10.6 Å². The van der Waals surface area contributed by atoms with E-state index >= 15 is 0 Å². The van der Waals surface area contributed by atoms with Crippen molar-refractivity contribution in [2.24, 2.45) is 5.92 Å². The molecular formula is C12H24N2O2. The van der Waals surface area contributed by atoms with Gasteiger partial charge in [0.05, 0.1) is 6.10 Å². The quantitative estimate of drug-likeness (QED) is 0.625. The first-order chi connectivity index (χ1) is 7.72. The van der Waals surface area contributed by atoms with Crippen molar-refractivity contribution in [3.8, 4) is 0 Å². The highest BCUT2D eigenvalue weighted by Gasteiger charge is 2.14. The van der Waals surface area contributed by atoms with E-state index in [-0.39, 0.29) is 5.91 Å². The summed E-state index contributed by atoms with van der Waals surface area (Å²) in [5.74, 6) is 0.716. The van der Waals surface area contributed by atoms with Gasteiger partial charge in [0.15, 0.2) is 0 Å². The number of rotatable bonds is 6. The zero-order valence-electron chi connectivity index (χ0n) is 10.2. The van der Waals surface area contributed by atoms with Crippen molar-refractivity contribution < 1.29 is 9.90 Å². The first-order valence-corrected chi connectivity index (χ1v) is 6.37. The molecule has 4 heteroatoms. The normalized spacial score (nSPS) is 22.8. The molecule has 0 aromatic rings. The summed E-state index contributed by atoms with van der Waals surface area (Å²) in [5.41, 5.74) is 0. The summed E-state index contributed by atoms with van der Waals surface area (Å²) in [6.45, 7) is 4.46. The molecule has 0 aromatic heterocycles. The van der Waals surface area contributed by atoms with Crippen molar-refractivity contribution in [2.45, 2.75) is 45.1 Å². The largest absolute Gasteiger partial charge is 0.391 e. The Morgan fingerprint density at radius 1 is 1.62 bits per heavy atom. The van der Waals surface area contributed by atoms with E-state index in [0.29, 0.717) is 25.3 Å². The molecule has 1 amide bonds. The van der Waals surface area contributed by atoms with Crippen LogP contribution in [0.4, 0.5) is 0 Å². The molecule has 2 unspecified atom stereocenters. The summed E-state index contributed by atoms with van der Waals surface area (Å²) in [6.07, 6.45) is 4.29. The molecule has 0 aromatic carbocycles. The predicted molar refractivity (Wildman–Crippen MR) is 64.1 cm³/mol. The fourth-order valence-corrected chi connectivity index (χ4v) is 1.97. The lowest BCUT2D eigenvalue weighted by Gasteiger charge is -2.22. The van der Waals surface area contributed by atoms with Crippen molar-refractivity contribution in [2.75, 3.05) is 19.6 Å². The highest BCUT2D eigenvalue weighted by Crippen LogP contribution is 2.15. The summed E-state index contributed by atoms with van der Waals surface area (Å²) >= 11 is 0. The average molecular weight is 228 g/mol. The van der Waals surface area contributed by atoms with Gasteiger partial charge in [-0.15, -0.1) is 0 Å². The van der Waals surface area contributed by atoms with Gasteiger partial charge in [-0.1, -0.05) is 6.92 Å². The molecule has 0 bridgehead atoms. The van der Waals surface area contributed by atoms with Crippen LogP contribution in [0.2, 0.25) is 0 Å². The Balaban J connectivity index is 2.05. The fraction of sp³-hybridized carbons (Fsp3) is 0.917. The van der Waals surface area contributed by atoms with Crippen LogP contribution >= 0.6 is 0 Å². The van der Waals surface area contributed by atoms with Crippen molar-refractivity contribution >= 4 is 5.91 Å². The van der Waals surface area contributed by atoms with E-state index in [0.717, 1.165) is 19.5 Å². The number of carbonyl (C=O) groups is 1. The number of hydrogen-bond acceptors (Lipinski definition) is 3. The molecule has 0 radical (unpaired) electrons. The summed E-state index contributed by atoms with van der Waals surface area (Å²) in [6, 6.07) is 0. The molecule has 94 valence electrons. The van der Waals surface area contributed by atoms with Crippen molar-refractivity contribution in [1.82, 2.24) is 10.6 Å². The van der Waals surface area contributed by atoms with E-state index in [1.54, 1.807) is 0 Å². The van der Waals surface area contributed by atoms with Gasteiger partial charge in [0.1, 0.15) is 0 Å². The van der Waals surface area contributed by atoms with Gasteiger partial charge < -0.3 is 15.7 Å². The Labute approximate surface area is 97.8 Å². The Kier molecular flexibility index (Phi) is 6.42. The van der Waals surface area contributed by atoms with Gasteiger partial charge in [-0.25, -0.2) is 0 Å². The monoisotopic (exact) mass is 228 g/mol. The van der Waals surface area contributed by atoms with Crippen molar-refractivity contribution in [3.63, 3.8) is 0 Å². The number of nitrogens with one attached hydrogen (secondary N) is 2. The second-order valence-electron chi connectivity index (χ2n) is 4.62. The highest BCUT2D eigenvalue weighted by molar-refractivity contribution is 5.75. The molecule has 4 nitrogen and oxygen atoms in total. The van der Waals surface area contributed by atoms with Crippen LogP contribution in [-0.4, -0.2) is 36.8 Å². The number of hydrogen-bond donors (Lipinski definition) is 3. The number of amides is 1. The average Bonchev–Trinajstić information content (AvgIpc) is 2.34. The van der Waals surface area contributed by atoms with Gasteiger partial charge in [0.25, 0.3) is 0 Å². The second kappa shape index (κ2) is 7.63. The lowest BCUT2D eigenvalue weighted by molar-refractivity contribution is -0.121. The number of aliphatic hydroxyl groups is 1. The molecule has 3 N–H and O–H groups in total. The molecule has 1 saturated heterocycles. The zero-order chi connectivity index (χ0) is 11.8. The Hall–Kier alpha value is -0.610. The van der Waals surface area contributed by atoms with Gasteiger partial charge in [-0.2, -0.15) is 0 Å². The maximum absolute atomic E-state index is 11.5. The van der Waals surface area contributed by atoms with Gasteiger partial charge in [0.2, 0.25) is 5.91 Å². The number of piperidine rings is 1. The van der Waals surface area contributed by atoms with E-state index in [4.69, 9.17) is 0 Å². The third-order valence-corrected chi connectivity index (χ3v) is 3.18.